The molecular formula is C76H157N5O5. The Morgan fingerprint density at radius 3 is 0.686 bits per heavy atom. The van der Waals surface area contributed by atoms with Crippen molar-refractivity contribution < 1.29 is 25.5 Å². The lowest BCUT2D eigenvalue weighted by Crippen LogP contribution is -2.49. The maximum absolute atomic E-state index is 11.4. The second-order valence-electron chi connectivity index (χ2n) is 28.2. The first-order chi connectivity index (χ1) is 42.1. The molecule has 0 amide bonds. The van der Waals surface area contributed by atoms with E-state index in [1.165, 1.54) is 238 Å². The molecule has 516 valence electrons. The normalized spacial score (nSPS) is 15.5. The third kappa shape index (κ3) is 56.4. The summed E-state index contributed by atoms with van der Waals surface area (Å²) in [4.78, 5) is 12.7. The summed E-state index contributed by atoms with van der Waals surface area (Å²) in [7, 11) is 0. The minimum Gasteiger partial charge on any atom is -0.392 e. The van der Waals surface area contributed by atoms with Crippen LogP contribution in [0.1, 0.15) is 362 Å². The van der Waals surface area contributed by atoms with Gasteiger partial charge in [0.15, 0.2) is 0 Å². The smallest absolute Gasteiger partial charge is 0.0667 e. The summed E-state index contributed by atoms with van der Waals surface area (Å²) in [5, 5.41) is 56.2. The van der Waals surface area contributed by atoms with Crippen molar-refractivity contribution in [1.29, 1.82) is 0 Å². The van der Waals surface area contributed by atoms with E-state index in [4.69, 9.17) is 0 Å². The molecule has 1 saturated heterocycles. The van der Waals surface area contributed by atoms with Gasteiger partial charge in [0.05, 0.1) is 30.5 Å². The molecule has 1 rings (SSSR count). The molecule has 0 saturated carbocycles. The summed E-state index contributed by atoms with van der Waals surface area (Å²) in [6, 6.07) is 0. The number of aliphatic hydroxyl groups is 5. The van der Waals surface area contributed by atoms with Gasteiger partial charge < -0.3 is 30.4 Å². The fraction of sp³-hybridized carbons (Fsp3) is 1.00. The summed E-state index contributed by atoms with van der Waals surface area (Å²) in [6.45, 7) is 25.5. The van der Waals surface area contributed by atoms with Crippen molar-refractivity contribution in [2.75, 3.05) is 98.2 Å². The highest BCUT2D eigenvalue weighted by Crippen LogP contribution is 2.19. The summed E-state index contributed by atoms with van der Waals surface area (Å²) in [5.74, 6) is 0. The first kappa shape index (κ1) is 83.6. The van der Waals surface area contributed by atoms with Gasteiger partial charge in [0, 0.05) is 72.0 Å². The molecule has 1 aliphatic rings. The van der Waals surface area contributed by atoms with Crippen molar-refractivity contribution in [3.63, 3.8) is 0 Å². The average molecular weight is 1220 g/mol. The lowest BCUT2D eigenvalue weighted by Gasteiger charge is -2.36. The zero-order chi connectivity index (χ0) is 62.4. The summed E-state index contributed by atoms with van der Waals surface area (Å²) in [6.07, 6.45) is 61.2. The van der Waals surface area contributed by atoms with Crippen LogP contribution < -0.4 is 0 Å². The Kier molecular flexibility index (Phi) is 62.9. The van der Waals surface area contributed by atoms with Crippen molar-refractivity contribution in [3.05, 3.63) is 0 Å². The third-order valence-electron chi connectivity index (χ3n) is 19.4. The number of nitrogens with zero attached hydrogens (tertiary/aromatic N) is 5. The Labute approximate surface area is 538 Å². The predicted octanol–water partition coefficient (Wildman–Crippen LogP) is 18.3. The molecule has 0 spiro atoms. The largest absolute Gasteiger partial charge is 0.392 e. The van der Waals surface area contributed by atoms with E-state index < -0.39 is 0 Å². The molecule has 1 fully saturated rings. The van der Waals surface area contributed by atoms with Crippen LogP contribution in [0.4, 0.5) is 0 Å². The fourth-order valence-corrected chi connectivity index (χ4v) is 13.5. The predicted molar refractivity (Wildman–Crippen MR) is 376 cm³/mol. The highest BCUT2D eigenvalue weighted by atomic mass is 16.3. The standard InChI is InChI=1S/C76H157N5O5/c1-6-11-16-21-26-31-36-43-52-72(82)67-79(58-49-42-51-60-81(70-75(85)55-46-39-34-29-24-19-14-9-4)71-76(86)56-47-40-35-30-25-20-15-10-5)66-65-78-63-61-77(62-64-78)57-48-41-50-59-80(68-73(83)53-44-37-32-27-22-17-12-7-2)69-74(84)54-45-38-33-28-23-18-13-8-3/h72-76,82-86H,6-71H2,1-5H3. The lowest BCUT2D eigenvalue weighted by molar-refractivity contribution is 0.0590. The Morgan fingerprint density at radius 2 is 0.419 bits per heavy atom. The van der Waals surface area contributed by atoms with Gasteiger partial charge >= 0.3 is 0 Å². The van der Waals surface area contributed by atoms with Gasteiger partial charge in [-0.05, 0) is 84.0 Å². The van der Waals surface area contributed by atoms with Gasteiger partial charge in [0.2, 0.25) is 0 Å². The van der Waals surface area contributed by atoms with Crippen LogP contribution in [0.15, 0.2) is 0 Å². The van der Waals surface area contributed by atoms with Gasteiger partial charge in [0.25, 0.3) is 0 Å². The number of piperazine rings is 1. The number of rotatable bonds is 70. The van der Waals surface area contributed by atoms with Gasteiger partial charge in [0.1, 0.15) is 0 Å². The van der Waals surface area contributed by atoms with Gasteiger partial charge in [-0.25, -0.2) is 0 Å². The minimum atomic E-state index is -0.326. The number of hydrogen-bond donors (Lipinski definition) is 5. The molecule has 0 aromatic heterocycles. The molecule has 0 aromatic rings. The summed E-state index contributed by atoms with van der Waals surface area (Å²) in [5.41, 5.74) is 0. The van der Waals surface area contributed by atoms with Crippen LogP contribution in [0.25, 0.3) is 0 Å². The van der Waals surface area contributed by atoms with Crippen LogP contribution in [0.2, 0.25) is 0 Å². The van der Waals surface area contributed by atoms with E-state index >= 15 is 0 Å². The second-order valence-corrected chi connectivity index (χ2v) is 28.2. The van der Waals surface area contributed by atoms with Crippen molar-refractivity contribution in [3.8, 4) is 0 Å². The van der Waals surface area contributed by atoms with Crippen LogP contribution in [-0.4, -0.2) is 179 Å². The first-order valence-corrected chi connectivity index (χ1v) is 39.2. The van der Waals surface area contributed by atoms with Gasteiger partial charge in [-0.3, -0.25) is 19.6 Å². The highest BCUT2D eigenvalue weighted by Gasteiger charge is 2.21. The Balaban J connectivity index is 2.74. The number of hydrogen-bond acceptors (Lipinski definition) is 10. The Morgan fingerprint density at radius 1 is 0.221 bits per heavy atom. The minimum absolute atomic E-state index is 0.269. The monoisotopic (exact) mass is 1220 g/mol. The maximum Gasteiger partial charge on any atom is 0.0667 e. The molecule has 5 N–H and O–H groups in total. The number of aliphatic hydroxyl groups excluding tert-OH is 5. The Hall–Kier alpha value is -0.400. The molecule has 1 aliphatic heterocycles. The fourth-order valence-electron chi connectivity index (χ4n) is 13.5. The summed E-state index contributed by atoms with van der Waals surface area (Å²) >= 11 is 0. The van der Waals surface area contributed by atoms with Gasteiger partial charge in [-0.1, -0.05) is 304 Å². The maximum atomic E-state index is 11.4. The van der Waals surface area contributed by atoms with Crippen molar-refractivity contribution >= 4 is 0 Å². The lowest BCUT2D eigenvalue weighted by atomic mass is 10.0. The quantitative estimate of drug-likeness (QED) is 0.0377. The highest BCUT2D eigenvalue weighted by molar-refractivity contribution is 4.77. The second kappa shape index (κ2) is 64.7. The van der Waals surface area contributed by atoms with E-state index in [-0.39, 0.29) is 30.5 Å². The zero-order valence-corrected chi connectivity index (χ0v) is 59.0. The molecule has 1 heterocycles. The van der Waals surface area contributed by atoms with Gasteiger partial charge in [-0.15, -0.1) is 0 Å². The average Bonchev–Trinajstić information content (AvgIpc) is 3.59. The molecule has 10 nitrogen and oxygen atoms in total. The van der Waals surface area contributed by atoms with Crippen molar-refractivity contribution in [2.45, 2.75) is 393 Å². The third-order valence-corrected chi connectivity index (χ3v) is 19.4. The molecular weight excluding hydrogens is 1060 g/mol. The first-order valence-electron chi connectivity index (χ1n) is 39.2. The van der Waals surface area contributed by atoms with Crippen LogP contribution in [0.5, 0.6) is 0 Å². The van der Waals surface area contributed by atoms with E-state index in [0.29, 0.717) is 26.2 Å². The van der Waals surface area contributed by atoms with Crippen LogP contribution >= 0.6 is 0 Å². The topological polar surface area (TPSA) is 117 Å². The molecule has 0 aromatic carbocycles. The molecule has 5 atom stereocenters. The molecule has 0 radical (unpaired) electrons. The van der Waals surface area contributed by atoms with Crippen LogP contribution in [-0.2, 0) is 0 Å². The van der Waals surface area contributed by atoms with Crippen molar-refractivity contribution in [2.24, 2.45) is 0 Å². The molecule has 0 aliphatic carbocycles. The molecule has 10 heteroatoms. The van der Waals surface area contributed by atoms with Gasteiger partial charge in [-0.2, -0.15) is 0 Å². The van der Waals surface area contributed by atoms with Crippen molar-refractivity contribution in [1.82, 2.24) is 24.5 Å². The Bertz CT molecular complexity index is 1250. The molecule has 0 bridgehead atoms. The SMILES string of the molecule is CCCCCCCCCCC(O)CN(CCCCCN(CC(O)CCCCCCCCCC)CC(O)CCCCCCCCCC)CCN1CCN(CCCCCN(CC(O)CCCCCCCCCC)CC(O)CCCCCCCCCC)CC1. The van der Waals surface area contributed by atoms with E-state index in [2.05, 4.69) is 59.1 Å². The molecule has 86 heavy (non-hydrogen) atoms. The van der Waals surface area contributed by atoms with Crippen LogP contribution in [0.3, 0.4) is 0 Å². The van der Waals surface area contributed by atoms with E-state index in [9.17, 15) is 25.5 Å². The van der Waals surface area contributed by atoms with E-state index in [1.807, 2.05) is 0 Å². The van der Waals surface area contributed by atoms with E-state index in [1.54, 1.807) is 0 Å². The number of unbranched alkanes of at least 4 members (excludes halogenated alkanes) is 39. The van der Waals surface area contributed by atoms with Crippen LogP contribution in [0, 0.1) is 0 Å². The van der Waals surface area contributed by atoms with E-state index in [0.717, 1.165) is 162 Å². The molecule has 5 unspecified atom stereocenters. The zero-order valence-electron chi connectivity index (χ0n) is 59.0. The summed E-state index contributed by atoms with van der Waals surface area (Å²) < 4.78 is 0.